The minimum Gasteiger partial charge on any atom is -0.309 e. The normalized spacial score (nSPS) is 23.1. The Labute approximate surface area is 123 Å². The van der Waals surface area contributed by atoms with Crippen molar-refractivity contribution in [3.05, 3.63) is 38.9 Å². The molecule has 1 saturated heterocycles. The fourth-order valence-electron chi connectivity index (χ4n) is 2.79. The van der Waals surface area contributed by atoms with Crippen molar-refractivity contribution >= 4 is 17.3 Å². The molecule has 0 bridgehead atoms. The molecule has 1 aliphatic heterocycles. The molecule has 0 spiro atoms. The van der Waals surface area contributed by atoms with Gasteiger partial charge in [0.25, 0.3) is 5.69 Å². The molecule has 1 atom stereocenters. The summed E-state index contributed by atoms with van der Waals surface area (Å²) in [6.45, 7) is 2.83. The maximum absolute atomic E-state index is 10.8. The minimum absolute atomic E-state index is 0.0947. The molecule has 1 aromatic rings. The summed E-state index contributed by atoms with van der Waals surface area (Å²) in [6.07, 6.45) is 3.82. The highest BCUT2D eigenvalue weighted by molar-refractivity contribution is 6.31. The molecule has 2 aliphatic rings. The lowest BCUT2D eigenvalue weighted by Crippen LogP contribution is -2.32. The monoisotopic (exact) mass is 295 g/mol. The van der Waals surface area contributed by atoms with Crippen molar-refractivity contribution in [2.45, 2.75) is 37.9 Å². The van der Waals surface area contributed by atoms with Gasteiger partial charge in [0.1, 0.15) is 0 Å². The zero-order valence-corrected chi connectivity index (χ0v) is 12.0. The van der Waals surface area contributed by atoms with Gasteiger partial charge in [-0.15, -0.1) is 0 Å². The number of nitrogens with one attached hydrogen (secondary N) is 1. The van der Waals surface area contributed by atoms with Crippen LogP contribution in [0.4, 0.5) is 5.69 Å². The van der Waals surface area contributed by atoms with Crippen LogP contribution in [-0.2, 0) is 6.54 Å². The summed E-state index contributed by atoms with van der Waals surface area (Å²) in [4.78, 5) is 12.9. The second-order valence-corrected chi connectivity index (χ2v) is 6.03. The maximum atomic E-state index is 10.8. The Morgan fingerprint density at radius 1 is 1.40 bits per heavy atom. The van der Waals surface area contributed by atoms with Gasteiger partial charge in [0.15, 0.2) is 0 Å². The quantitative estimate of drug-likeness (QED) is 0.670. The Kier molecular flexibility index (Phi) is 3.92. The number of nitrogens with zero attached hydrogens (tertiary/aromatic N) is 2. The highest BCUT2D eigenvalue weighted by atomic mass is 35.5. The molecule has 1 aromatic carbocycles. The number of benzene rings is 1. The first-order valence-corrected chi connectivity index (χ1v) is 7.41. The fraction of sp³-hybridized carbons (Fsp3) is 0.571. The lowest BCUT2D eigenvalue weighted by Gasteiger charge is -2.16. The molecule has 108 valence electrons. The van der Waals surface area contributed by atoms with Gasteiger partial charge < -0.3 is 5.32 Å². The van der Waals surface area contributed by atoms with Crippen LogP contribution >= 0.6 is 11.6 Å². The van der Waals surface area contributed by atoms with Crippen molar-refractivity contribution in [3.8, 4) is 0 Å². The van der Waals surface area contributed by atoms with E-state index < -0.39 is 0 Å². The van der Waals surface area contributed by atoms with Crippen LogP contribution in [0.25, 0.3) is 0 Å². The van der Waals surface area contributed by atoms with Crippen molar-refractivity contribution in [2.24, 2.45) is 0 Å². The lowest BCUT2D eigenvalue weighted by atomic mass is 10.2. The fourth-order valence-corrected chi connectivity index (χ4v) is 2.97. The highest BCUT2D eigenvalue weighted by Crippen LogP contribution is 2.30. The minimum atomic E-state index is -0.385. The molecule has 2 fully saturated rings. The number of nitro benzene ring substituents is 1. The van der Waals surface area contributed by atoms with Gasteiger partial charge in [-0.05, 0) is 30.9 Å². The average molecular weight is 296 g/mol. The Bertz CT molecular complexity index is 519. The number of non-ortho nitro benzene ring substituents is 1. The van der Waals surface area contributed by atoms with Crippen LogP contribution in [0.5, 0.6) is 0 Å². The summed E-state index contributed by atoms with van der Waals surface area (Å²) in [5.41, 5.74) is 0.892. The SMILES string of the molecule is O=[N+]([O-])c1ccc(Cl)c(CNC2CCN(C3CC3)C2)c1. The summed E-state index contributed by atoms with van der Waals surface area (Å²) in [7, 11) is 0. The first-order valence-electron chi connectivity index (χ1n) is 7.04. The van der Waals surface area contributed by atoms with Crippen LogP contribution in [0.2, 0.25) is 5.02 Å². The number of likely N-dealkylation sites (tertiary alicyclic amines) is 1. The molecule has 0 amide bonds. The van der Waals surface area contributed by atoms with E-state index in [1.807, 2.05) is 0 Å². The second kappa shape index (κ2) is 5.68. The van der Waals surface area contributed by atoms with Gasteiger partial charge in [-0.3, -0.25) is 15.0 Å². The van der Waals surface area contributed by atoms with Crippen molar-refractivity contribution in [2.75, 3.05) is 13.1 Å². The summed E-state index contributed by atoms with van der Waals surface area (Å²) in [5.74, 6) is 0. The standard InChI is InChI=1S/C14H18ClN3O2/c15-14-4-3-13(18(19)20)7-10(14)8-16-11-5-6-17(9-11)12-1-2-12/h3-4,7,11-12,16H,1-2,5-6,8-9H2. The van der Waals surface area contributed by atoms with Crippen molar-refractivity contribution in [1.29, 1.82) is 0 Å². The van der Waals surface area contributed by atoms with E-state index in [4.69, 9.17) is 11.6 Å². The van der Waals surface area contributed by atoms with E-state index in [-0.39, 0.29) is 10.6 Å². The highest BCUT2D eigenvalue weighted by Gasteiger charge is 2.34. The summed E-state index contributed by atoms with van der Waals surface area (Å²) in [6, 6.07) is 5.87. The predicted molar refractivity (Wildman–Crippen MR) is 77.9 cm³/mol. The third-order valence-electron chi connectivity index (χ3n) is 4.10. The van der Waals surface area contributed by atoms with Gasteiger partial charge >= 0.3 is 0 Å². The molecular formula is C14H18ClN3O2. The van der Waals surface area contributed by atoms with Gasteiger partial charge in [0, 0.05) is 48.9 Å². The Morgan fingerprint density at radius 3 is 2.90 bits per heavy atom. The Balaban J connectivity index is 1.57. The van der Waals surface area contributed by atoms with E-state index in [1.165, 1.54) is 18.9 Å². The molecule has 0 radical (unpaired) electrons. The number of hydrogen-bond acceptors (Lipinski definition) is 4. The maximum Gasteiger partial charge on any atom is 0.269 e. The molecular weight excluding hydrogens is 278 g/mol. The van der Waals surface area contributed by atoms with E-state index in [2.05, 4.69) is 10.2 Å². The third kappa shape index (κ3) is 3.11. The number of halogens is 1. The van der Waals surface area contributed by atoms with E-state index >= 15 is 0 Å². The molecule has 3 rings (SSSR count). The molecule has 1 N–H and O–H groups in total. The number of hydrogen-bond donors (Lipinski definition) is 1. The molecule has 1 unspecified atom stereocenters. The van der Waals surface area contributed by atoms with E-state index in [9.17, 15) is 10.1 Å². The summed E-state index contributed by atoms with van der Waals surface area (Å²) in [5, 5.41) is 14.8. The molecule has 1 heterocycles. The van der Waals surface area contributed by atoms with Crippen LogP contribution in [0.1, 0.15) is 24.8 Å². The third-order valence-corrected chi connectivity index (χ3v) is 4.47. The molecule has 0 aromatic heterocycles. The predicted octanol–water partition coefficient (Wildman–Crippen LogP) is 2.57. The molecule has 5 nitrogen and oxygen atoms in total. The van der Waals surface area contributed by atoms with E-state index in [0.29, 0.717) is 17.6 Å². The number of rotatable bonds is 5. The topological polar surface area (TPSA) is 58.4 Å². The van der Waals surface area contributed by atoms with Crippen LogP contribution in [-0.4, -0.2) is 35.0 Å². The van der Waals surface area contributed by atoms with E-state index in [0.717, 1.165) is 31.1 Å². The van der Waals surface area contributed by atoms with E-state index in [1.54, 1.807) is 12.1 Å². The molecule has 1 saturated carbocycles. The molecule has 6 heteroatoms. The second-order valence-electron chi connectivity index (χ2n) is 5.63. The summed E-state index contributed by atoms with van der Waals surface area (Å²) >= 11 is 6.10. The van der Waals surface area contributed by atoms with Gasteiger partial charge in [-0.25, -0.2) is 0 Å². The van der Waals surface area contributed by atoms with Crippen molar-refractivity contribution < 1.29 is 4.92 Å². The smallest absolute Gasteiger partial charge is 0.269 e. The molecule has 20 heavy (non-hydrogen) atoms. The van der Waals surface area contributed by atoms with Crippen LogP contribution < -0.4 is 5.32 Å². The Morgan fingerprint density at radius 2 is 2.20 bits per heavy atom. The average Bonchev–Trinajstić information content (AvgIpc) is 3.17. The first-order chi connectivity index (χ1) is 9.63. The number of nitro groups is 1. The first kappa shape index (κ1) is 13.8. The van der Waals surface area contributed by atoms with Gasteiger partial charge in [0.2, 0.25) is 0 Å². The van der Waals surface area contributed by atoms with Crippen LogP contribution in [0.3, 0.4) is 0 Å². The van der Waals surface area contributed by atoms with Gasteiger partial charge in [-0.2, -0.15) is 0 Å². The van der Waals surface area contributed by atoms with Crippen LogP contribution in [0.15, 0.2) is 18.2 Å². The van der Waals surface area contributed by atoms with Crippen molar-refractivity contribution in [1.82, 2.24) is 10.2 Å². The van der Waals surface area contributed by atoms with Gasteiger partial charge in [0.05, 0.1) is 4.92 Å². The van der Waals surface area contributed by atoms with Crippen LogP contribution in [0, 0.1) is 10.1 Å². The largest absolute Gasteiger partial charge is 0.309 e. The molecule has 1 aliphatic carbocycles. The van der Waals surface area contributed by atoms with Gasteiger partial charge in [-0.1, -0.05) is 11.6 Å². The zero-order chi connectivity index (χ0) is 14.1. The lowest BCUT2D eigenvalue weighted by molar-refractivity contribution is -0.384. The summed E-state index contributed by atoms with van der Waals surface area (Å²) < 4.78 is 0. The van der Waals surface area contributed by atoms with Crippen molar-refractivity contribution in [3.63, 3.8) is 0 Å². The zero-order valence-electron chi connectivity index (χ0n) is 11.2. The Hall–Kier alpha value is -1.17.